The van der Waals surface area contributed by atoms with Gasteiger partial charge in [0.2, 0.25) is 10.7 Å². The molecule has 0 bridgehead atoms. The van der Waals surface area contributed by atoms with Gasteiger partial charge in [0.25, 0.3) is 0 Å². The van der Waals surface area contributed by atoms with E-state index in [9.17, 15) is 14.4 Å². The maximum Gasteiger partial charge on any atom is 0.348 e. The van der Waals surface area contributed by atoms with Gasteiger partial charge in [-0.3, -0.25) is 9.59 Å². The van der Waals surface area contributed by atoms with E-state index < -0.39 is 16.7 Å². The first-order chi connectivity index (χ1) is 12.9. The van der Waals surface area contributed by atoms with E-state index in [4.69, 9.17) is 27.1 Å². The highest BCUT2D eigenvalue weighted by Crippen LogP contribution is 2.35. The third-order valence-electron chi connectivity index (χ3n) is 3.93. The Bertz CT molecular complexity index is 1400. The average Bonchev–Trinajstić information content (AvgIpc) is 3.02. The van der Waals surface area contributed by atoms with Crippen molar-refractivity contribution in [3.8, 4) is 16.9 Å². The lowest BCUT2D eigenvalue weighted by Crippen LogP contribution is -2.33. The van der Waals surface area contributed by atoms with Gasteiger partial charge >= 0.3 is 16.7 Å². The Balaban J connectivity index is 2.23. The SMILES string of the molecule is COc1ccc(-c2c(C(N)=S)c(=O)oc3c2sc2n[nH]c(=O)c(=O)n23)cc1. The van der Waals surface area contributed by atoms with Crippen LogP contribution in [0, 0.1) is 0 Å². The van der Waals surface area contributed by atoms with Gasteiger partial charge in [0.15, 0.2) is 0 Å². The predicted molar refractivity (Wildman–Crippen MR) is 104 cm³/mol. The Labute approximate surface area is 158 Å². The standard InChI is InChI=1S/C16H10N4O5S2/c1-24-7-4-2-6(3-5-7)8-9(11(17)26)15(23)25-14-10(8)27-16-19-18-12(21)13(22)20(14)16/h2-5H,1H3,(H2,17,26)(H,18,21). The van der Waals surface area contributed by atoms with Crippen molar-refractivity contribution in [3.63, 3.8) is 0 Å². The summed E-state index contributed by atoms with van der Waals surface area (Å²) in [5, 5.41) is 5.96. The van der Waals surface area contributed by atoms with Crippen molar-refractivity contribution in [1.29, 1.82) is 0 Å². The first-order valence-corrected chi connectivity index (χ1v) is 8.70. The molecule has 0 fully saturated rings. The normalized spacial score (nSPS) is 11.1. The molecular formula is C16H10N4O5S2. The van der Waals surface area contributed by atoms with Crippen LogP contribution in [0.5, 0.6) is 5.75 Å². The Morgan fingerprint density at radius 2 is 2.00 bits per heavy atom. The minimum absolute atomic E-state index is 0.00796. The molecule has 0 aliphatic carbocycles. The van der Waals surface area contributed by atoms with Crippen LogP contribution >= 0.6 is 23.6 Å². The lowest BCUT2D eigenvalue weighted by molar-refractivity contribution is 0.415. The van der Waals surface area contributed by atoms with Gasteiger partial charge in [-0.15, -0.1) is 5.10 Å². The molecule has 3 heterocycles. The number of nitrogens with two attached hydrogens (primary N) is 1. The Morgan fingerprint density at radius 1 is 1.30 bits per heavy atom. The molecule has 1 aromatic carbocycles. The second-order valence-electron chi connectivity index (χ2n) is 5.44. The number of nitrogens with one attached hydrogen (secondary N) is 1. The molecule has 3 N–H and O–H groups in total. The number of thiocarbonyl (C=S) groups is 1. The molecule has 0 spiro atoms. The highest BCUT2D eigenvalue weighted by molar-refractivity contribution is 7.80. The fourth-order valence-corrected chi connectivity index (χ4v) is 3.99. The van der Waals surface area contributed by atoms with E-state index in [0.717, 1.165) is 15.7 Å². The summed E-state index contributed by atoms with van der Waals surface area (Å²) >= 11 is 6.09. The quantitative estimate of drug-likeness (QED) is 0.381. The van der Waals surface area contributed by atoms with Gasteiger partial charge in [-0.05, 0) is 17.7 Å². The lowest BCUT2D eigenvalue weighted by atomic mass is 10.0. The van der Waals surface area contributed by atoms with Gasteiger partial charge < -0.3 is 14.9 Å². The van der Waals surface area contributed by atoms with Gasteiger partial charge in [0.05, 0.1) is 7.11 Å². The van der Waals surface area contributed by atoms with E-state index in [1.807, 2.05) is 0 Å². The van der Waals surface area contributed by atoms with Crippen molar-refractivity contribution < 1.29 is 9.15 Å². The third-order valence-corrected chi connectivity index (χ3v) is 5.17. The fourth-order valence-electron chi connectivity index (χ4n) is 2.73. The second-order valence-corrected chi connectivity index (χ2v) is 6.86. The number of ether oxygens (including phenoxy) is 1. The monoisotopic (exact) mass is 402 g/mol. The minimum atomic E-state index is -0.931. The van der Waals surface area contributed by atoms with Crippen molar-refractivity contribution in [1.82, 2.24) is 14.6 Å². The molecule has 0 unspecified atom stereocenters. The highest BCUT2D eigenvalue weighted by Gasteiger charge is 2.23. The molecule has 27 heavy (non-hydrogen) atoms. The highest BCUT2D eigenvalue weighted by atomic mass is 32.1. The van der Waals surface area contributed by atoms with Crippen molar-refractivity contribution in [2.75, 3.05) is 7.11 Å². The number of thiazole rings is 1. The number of fused-ring (bicyclic) bond motifs is 3. The molecular weight excluding hydrogens is 392 g/mol. The van der Waals surface area contributed by atoms with Crippen LogP contribution in [-0.4, -0.2) is 26.7 Å². The number of benzene rings is 1. The summed E-state index contributed by atoms with van der Waals surface area (Å²) in [5.74, 6) is 0.620. The van der Waals surface area contributed by atoms with Gasteiger partial charge in [0, 0.05) is 5.56 Å². The molecule has 0 saturated heterocycles. The number of nitrogens with zero attached hydrogens (tertiary/aromatic N) is 2. The number of aromatic nitrogens is 3. The Hall–Kier alpha value is -3.31. The summed E-state index contributed by atoms with van der Waals surface area (Å²) in [6.45, 7) is 0. The van der Waals surface area contributed by atoms with E-state index in [1.165, 1.54) is 7.11 Å². The molecule has 0 saturated carbocycles. The number of aromatic amines is 1. The summed E-state index contributed by atoms with van der Waals surface area (Å²) in [4.78, 5) is 36.4. The molecule has 136 valence electrons. The summed E-state index contributed by atoms with van der Waals surface area (Å²) < 4.78 is 11.8. The summed E-state index contributed by atoms with van der Waals surface area (Å²) in [6.07, 6.45) is 0. The third kappa shape index (κ3) is 2.55. The molecule has 0 aliphatic rings. The molecule has 4 aromatic rings. The predicted octanol–water partition coefficient (Wildman–Crippen LogP) is 0.860. The van der Waals surface area contributed by atoms with Crippen LogP contribution in [0.4, 0.5) is 0 Å². The topological polar surface area (TPSA) is 133 Å². The van der Waals surface area contributed by atoms with Gasteiger partial charge in [-0.25, -0.2) is 14.3 Å². The van der Waals surface area contributed by atoms with E-state index in [2.05, 4.69) is 10.2 Å². The lowest BCUT2D eigenvalue weighted by Gasteiger charge is -2.09. The van der Waals surface area contributed by atoms with Crippen molar-refractivity contribution in [3.05, 3.63) is 61.0 Å². The summed E-state index contributed by atoms with van der Waals surface area (Å²) in [5.41, 5.74) is 4.05. The first-order valence-electron chi connectivity index (χ1n) is 7.47. The largest absolute Gasteiger partial charge is 0.497 e. The zero-order chi connectivity index (χ0) is 19.3. The molecule has 0 atom stereocenters. The fraction of sp³-hybridized carbons (Fsp3) is 0.0625. The Kier molecular flexibility index (Phi) is 3.89. The number of hydrogen-bond donors (Lipinski definition) is 2. The number of methoxy groups -OCH3 is 1. The maximum atomic E-state index is 12.6. The molecule has 0 amide bonds. The van der Waals surface area contributed by atoms with E-state index in [-0.39, 0.29) is 21.2 Å². The van der Waals surface area contributed by atoms with E-state index >= 15 is 0 Å². The molecule has 4 rings (SSSR count). The average molecular weight is 402 g/mol. The molecule has 9 nitrogen and oxygen atoms in total. The van der Waals surface area contributed by atoms with Crippen molar-refractivity contribution in [2.45, 2.75) is 0 Å². The van der Waals surface area contributed by atoms with E-state index in [1.54, 1.807) is 24.3 Å². The van der Waals surface area contributed by atoms with Crippen LogP contribution in [0.2, 0.25) is 0 Å². The number of H-pyrrole nitrogens is 1. The zero-order valence-corrected chi connectivity index (χ0v) is 15.3. The smallest absolute Gasteiger partial charge is 0.348 e. The summed E-state index contributed by atoms with van der Waals surface area (Å²) in [7, 11) is 1.53. The summed E-state index contributed by atoms with van der Waals surface area (Å²) in [6, 6.07) is 6.86. The van der Waals surface area contributed by atoms with Crippen LogP contribution in [0.3, 0.4) is 0 Å². The maximum absolute atomic E-state index is 12.6. The number of rotatable bonds is 3. The van der Waals surface area contributed by atoms with Crippen molar-refractivity contribution in [2.24, 2.45) is 5.73 Å². The van der Waals surface area contributed by atoms with Gasteiger partial charge in [0.1, 0.15) is 21.0 Å². The Morgan fingerprint density at radius 3 is 2.63 bits per heavy atom. The van der Waals surface area contributed by atoms with Crippen LogP contribution in [0.25, 0.3) is 26.5 Å². The van der Waals surface area contributed by atoms with Crippen LogP contribution < -0.4 is 27.2 Å². The number of hydrogen-bond acceptors (Lipinski definition) is 8. The van der Waals surface area contributed by atoms with Crippen LogP contribution in [0.15, 0.2) is 43.1 Å². The van der Waals surface area contributed by atoms with Crippen LogP contribution in [-0.2, 0) is 0 Å². The first kappa shape index (κ1) is 17.1. The van der Waals surface area contributed by atoms with Gasteiger partial charge in [-0.1, -0.05) is 35.7 Å². The molecule has 3 aromatic heterocycles. The van der Waals surface area contributed by atoms with Gasteiger partial charge in [-0.2, -0.15) is 0 Å². The van der Waals surface area contributed by atoms with Crippen LogP contribution in [0.1, 0.15) is 5.56 Å². The zero-order valence-electron chi connectivity index (χ0n) is 13.6. The molecule has 11 heteroatoms. The minimum Gasteiger partial charge on any atom is -0.497 e. The second kappa shape index (κ2) is 6.14. The molecule has 0 radical (unpaired) electrons. The van der Waals surface area contributed by atoms with Crippen molar-refractivity contribution >= 4 is 43.9 Å². The molecule has 0 aliphatic heterocycles. The van der Waals surface area contributed by atoms with E-state index in [0.29, 0.717) is 21.6 Å².